The molecule has 15 heavy (non-hydrogen) atoms. The molecule has 0 bridgehead atoms. The van der Waals surface area contributed by atoms with Crippen molar-refractivity contribution in [1.29, 1.82) is 0 Å². The Kier molecular flexibility index (Phi) is 5.14. The van der Waals surface area contributed by atoms with Crippen LogP contribution in [-0.4, -0.2) is 0 Å². The third kappa shape index (κ3) is 4.68. The Labute approximate surface area is 95.5 Å². The first-order chi connectivity index (χ1) is 7.09. The quantitative estimate of drug-likeness (QED) is 0.414. The maximum atomic E-state index is 2.45. The smallest absolute Gasteiger partial charge is 0.0288 e. The van der Waals surface area contributed by atoms with Crippen LogP contribution in [0.4, 0.5) is 0 Å². The van der Waals surface area contributed by atoms with Crippen LogP contribution in [0.3, 0.4) is 0 Å². The third-order valence-corrected chi connectivity index (χ3v) is 3.49. The second-order valence-electron chi connectivity index (χ2n) is 5.19. The molecule has 0 N–H and O–H groups in total. The molecule has 1 atom stereocenters. The van der Waals surface area contributed by atoms with E-state index >= 15 is 0 Å². The van der Waals surface area contributed by atoms with Crippen LogP contribution in [0.15, 0.2) is 23.3 Å². The van der Waals surface area contributed by atoms with Gasteiger partial charge in [0.1, 0.15) is 0 Å². The molecule has 0 amide bonds. The van der Waals surface area contributed by atoms with Crippen molar-refractivity contribution in [1.82, 2.24) is 0 Å². The van der Waals surface area contributed by atoms with Gasteiger partial charge in [-0.1, -0.05) is 36.1 Å². The molecular weight excluding hydrogens is 180 g/mol. The van der Waals surface area contributed by atoms with Gasteiger partial charge in [0, 0.05) is 0 Å². The van der Waals surface area contributed by atoms with Crippen molar-refractivity contribution in [3.63, 3.8) is 0 Å². The summed E-state index contributed by atoms with van der Waals surface area (Å²) in [7, 11) is 0. The molecule has 0 radical (unpaired) electrons. The highest BCUT2D eigenvalue weighted by Gasteiger charge is 2.04. The van der Waals surface area contributed by atoms with Gasteiger partial charge in [-0.2, -0.15) is 19.8 Å². The molecule has 1 unspecified atom stereocenters. The average molecular weight is 205 g/mol. The molecule has 0 aliphatic heterocycles. The van der Waals surface area contributed by atoms with Gasteiger partial charge in [-0.3, -0.25) is 0 Å². The normalized spacial score (nSPS) is 31.7. The predicted octanol–water partition coefficient (Wildman–Crippen LogP) is 5.07. The Morgan fingerprint density at radius 3 is 2.40 bits per heavy atom. The summed E-state index contributed by atoms with van der Waals surface area (Å²) in [6.45, 7) is 9.10. The highest BCUT2D eigenvalue weighted by molar-refractivity contribution is 5.08. The van der Waals surface area contributed by atoms with Crippen LogP contribution in [0.25, 0.3) is 0 Å². The van der Waals surface area contributed by atoms with E-state index < -0.39 is 0 Å². The van der Waals surface area contributed by atoms with Crippen molar-refractivity contribution < 1.29 is 0 Å². The Hall–Kier alpha value is -0.520. The van der Waals surface area contributed by atoms with Crippen molar-refractivity contribution in [3.05, 3.63) is 29.2 Å². The van der Waals surface area contributed by atoms with E-state index in [2.05, 4.69) is 39.8 Å². The fraction of sp³-hybridized carbons (Fsp3) is 0.667. The van der Waals surface area contributed by atoms with Crippen LogP contribution in [0, 0.1) is 11.8 Å². The zero-order valence-electron chi connectivity index (χ0n) is 10.8. The van der Waals surface area contributed by atoms with Gasteiger partial charge in [-0.05, 0) is 33.1 Å². The zero-order chi connectivity index (χ0) is 11.3. The van der Waals surface area contributed by atoms with Crippen molar-refractivity contribution in [2.24, 2.45) is 5.92 Å². The third-order valence-electron chi connectivity index (χ3n) is 3.49. The van der Waals surface area contributed by atoms with Crippen LogP contribution >= 0.6 is 0 Å². The number of allylic oxidation sites excluding steroid dienone is 4. The first-order valence-electron chi connectivity index (χ1n) is 6.21. The molecule has 0 spiro atoms. The van der Waals surface area contributed by atoms with Crippen molar-refractivity contribution >= 4 is 0 Å². The molecule has 0 heterocycles. The second-order valence-corrected chi connectivity index (χ2v) is 5.19. The topological polar surface area (TPSA) is 0 Å². The molecule has 0 heteroatoms. The van der Waals surface area contributed by atoms with Crippen LogP contribution < -0.4 is 0 Å². The summed E-state index contributed by atoms with van der Waals surface area (Å²) in [5, 5.41) is 0. The largest absolute Gasteiger partial charge is 0.316 e. The van der Waals surface area contributed by atoms with E-state index in [0.717, 1.165) is 5.92 Å². The Morgan fingerprint density at radius 1 is 1.07 bits per heavy atom. The van der Waals surface area contributed by atoms with Gasteiger partial charge in [-0.25, -0.2) is 0 Å². The Balaban J connectivity index is 2.66. The highest BCUT2D eigenvalue weighted by atomic mass is 14.2. The van der Waals surface area contributed by atoms with E-state index in [0.29, 0.717) is 0 Å². The number of hydrogen-bond donors (Lipinski definition) is 0. The van der Waals surface area contributed by atoms with Crippen molar-refractivity contribution in [2.75, 3.05) is 0 Å². The lowest BCUT2D eigenvalue weighted by atomic mass is 9.85. The minimum atomic E-state index is 0.793. The molecule has 1 aliphatic carbocycles. The monoisotopic (exact) mass is 205 g/mol. The standard InChI is InChI=1S/C15H25/c1-12(2)15-10-8-13(3)6-5-7-14(4)9-11-15/h6,9,15H,5,7-8,10-11H2,1-4H3/q-1/b13-6+,14-9-. The summed E-state index contributed by atoms with van der Waals surface area (Å²) < 4.78 is 0. The molecule has 86 valence electrons. The summed E-state index contributed by atoms with van der Waals surface area (Å²) >= 11 is 0. The van der Waals surface area contributed by atoms with E-state index in [4.69, 9.17) is 0 Å². The Morgan fingerprint density at radius 2 is 1.73 bits per heavy atom. The molecule has 0 aromatic rings. The molecule has 0 saturated heterocycles. The van der Waals surface area contributed by atoms with E-state index in [1.165, 1.54) is 32.1 Å². The molecule has 1 rings (SSSR count). The lowest BCUT2D eigenvalue weighted by molar-refractivity contribution is 0.506. The summed E-state index contributed by atoms with van der Waals surface area (Å²) in [4.78, 5) is 0. The lowest BCUT2D eigenvalue weighted by Gasteiger charge is -2.32. The van der Waals surface area contributed by atoms with Gasteiger partial charge >= 0.3 is 0 Å². The minimum Gasteiger partial charge on any atom is -0.316 e. The fourth-order valence-electron chi connectivity index (χ4n) is 2.14. The first kappa shape index (κ1) is 12.5. The fourth-order valence-corrected chi connectivity index (χ4v) is 2.14. The lowest BCUT2D eigenvalue weighted by Crippen LogP contribution is -2.07. The van der Waals surface area contributed by atoms with Gasteiger partial charge in [0.05, 0.1) is 0 Å². The molecule has 0 saturated carbocycles. The summed E-state index contributed by atoms with van der Waals surface area (Å²) in [5.74, 6) is 2.38. The van der Waals surface area contributed by atoms with Crippen LogP contribution in [0.2, 0.25) is 0 Å². The average Bonchev–Trinajstić information content (AvgIpc) is 2.16. The van der Waals surface area contributed by atoms with E-state index in [9.17, 15) is 0 Å². The van der Waals surface area contributed by atoms with Crippen LogP contribution in [0.1, 0.15) is 59.8 Å². The van der Waals surface area contributed by atoms with Gasteiger partial charge in [0.2, 0.25) is 0 Å². The van der Waals surface area contributed by atoms with Crippen molar-refractivity contribution in [3.8, 4) is 0 Å². The second kappa shape index (κ2) is 6.15. The van der Waals surface area contributed by atoms with Gasteiger partial charge < -0.3 is 5.92 Å². The highest BCUT2D eigenvalue weighted by Crippen LogP contribution is 2.27. The van der Waals surface area contributed by atoms with E-state index in [1.54, 1.807) is 17.1 Å². The van der Waals surface area contributed by atoms with Gasteiger partial charge in [0.15, 0.2) is 0 Å². The molecule has 0 aromatic carbocycles. The molecule has 1 aliphatic rings. The molecule has 0 nitrogen and oxygen atoms in total. The first-order valence-corrected chi connectivity index (χ1v) is 6.21. The maximum Gasteiger partial charge on any atom is -0.0288 e. The Bertz CT molecular complexity index is 243. The van der Waals surface area contributed by atoms with Crippen LogP contribution in [-0.2, 0) is 0 Å². The SMILES string of the molecule is C/C1=C/CC([C-](C)C)CC/C(C)=C/CC1. The summed E-state index contributed by atoms with van der Waals surface area (Å²) in [6.07, 6.45) is 11.2. The van der Waals surface area contributed by atoms with Gasteiger partial charge in [-0.15, -0.1) is 0 Å². The van der Waals surface area contributed by atoms with E-state index in [1.807, 2.05) is 0 Å². The molecule has 0 fully saturated rings. The summed E-state index contributed by atoms with van der Waals surface area (Å²) in [6, 6.07) is 0. The van der Waals surface area contributed by atoms with Crippen LogP contribution in [0.5, 0.6) is 0 Å². The van der Waals surface area contributed by atoms with E-state index in [-0.39, 0.29) is 0 Å². The molecule has 0 aromatic heterocycles. The van der Waals surface area contributed by atoms with Crippen molar-refractivity contribution in [2.45, 2.75) is 59.8 Å². The predicted molar refractivity (Wildman–Crippen MR) is 68.7 cm³/mol. The summed E-state index contributed by atoms with van der Waals surface area (Å²) in [5.41, 5.74) is 3.14. The molecular formula is C15H25-. The minimum absolute atomic E-state index is 0.793. The zero-order valence-corrected chi connectivity index (χ0v) is 10.8. The maximum absolute atomic E-state index is 2.45. The number of hydrogen-bond acceptors (Lipinski definition) is 0. The van der Waals surface area contributed by atoms with Gasteiger partial charge in [0.25, 0.3) is 0 Å². The number of rotatable bonds is 1.